The Morgan fingerprint density at radius 2 is 1.16 bits per heavy atom. The highest BCUT2D eigenvalue weighted by atomic mass is 16.6. The molecule has 1 fully saturated rings. The highest BCUT2D eigenvalue weighted by Crippen LogP contribution is 2.31. The second kappa shape index (κ2) is 11.7. The van der Waals surface area contributed by atoms with Crippen LogP contribution < -0.4 is 0 Å². The predicted octanol–water partition coefficient (Wildman–Crippen LogP) is 4.84. The van der Waals surface area contributed by atoms with E-state index in [4.69, 9.17) is 9.84 Å². The largest absolute Gasteiger partial charge is 0.396 e. The number of ether oxygens (including phenoxy) is 1. The van der Waals surface area contributed by atoms with E-state index in [1.165, 1.54) is 77.0 Å². The minimum Gasteiger partial charge on any atom is -0.396 e. The summed E-state index contributed by atoms with van der Waals surface area (Å²) in [5.41, 5.74) is 0. The molecule has 1 saturated heterocycles. The van der Waals surface area contributed by atoms with Crippen LogP contribution in [-0.2, 0) is 4.74 Å². The molecule has 1 aliphatic rings. The van der Waals surface area contributed by atoms with Gasteiger partial charge in [0.2, 0.25) is 0 Å². The van der Waals surface area contributed by atoms with Gasteiger partial charge in [0.25, 0.3) is 0 Å². The third-order valence-electron chi connectivity index (χ3n) is 4.18. The van der Waals surface area contributed by atoms with Crippen molar-refractivity contribution in [1.82, 2.24) is 0 Å². The van der Waals surface area contributed by atoms with E-state index in [0.717, 1.165) is 6.42 Å². The fourth-order valence-electron chi connectivity index (χ4n) is 2.80. The van der Waals surface area contributed by atoms with Crippen LogP contribution >= 0.6 is 0 Å². The number of hydrogen-bond donors (Lipinski definition) is 1. The number of aliphatic hydroxyl groups is 1. The van der Waals surface area contributed by atoms with Crippen LogP contribution in [0.3, 0.4) is 0 Å². The molecule has 1 aliphatic heterocycles. The second-order valence-corrected chi connectivity index (χ2v) is 6.05. The molecule has 2 heteroatoms. The van der Waals surface area contributed by atoms with Gasteiger partial charge in [-0.2, -0.15) is 0 Å². The Hall–Kier alpha value is -0.0800. The van der Waals surface area contributed by atoms with Gasteiger partial charge < -0.3 is 9.84 Å². The molecule has 0 saturated carbocycles. The van der Waals surface area contributed by atoms with Gasteiger partial charge in [-0.15, -0.1) is 0 Å². The Bertz CT molecular complexity index is 194. The molecule has 0 aliphatic carbocycles. The SMILES string of the molecule is CCCCCCC1OC1CCCCCCCCCO. The maximum Gasteiger partial charge on any atom is 0.0841 e. The predicted molar refractivity (Wildman–Crippen MR) is 81.4 cm³/mol. The molecule has 0 spiro atoms. The molecule has 0 aromatic carbocycles. The van der Waals surface area contributed by atoms with E-state index in [9.17, 15) is 0 Å². The Morgan fingerprint density at radius 1 is 0.684 bits per heavy atom. The van der Waals surface area contributed by atoms with E-state index >= 15 is 0 Å². The summed E-state index contributed by atoms with van der Waals surface area (Å²) in [5, 5.41) is 8.68. The lowest BCUT2D eigenvalue weighted by Gasteiger charge is -2.00. The molecule has 1 N–H and O–H groups in total. The van der Waals surface area contributed by atoms with Crippen molar-refractivity contribution >= 4 is 0 Å². The smallest absolute Gasteiger partial charge is 0.0841 e. The molecule has 0 amide bonds. The van der Waals surface area contributed by atoms with Crippen LogP contribution in [0.25, 0.3) is 0 Å². The van der Waals surface area contributed by atoms with Gasteiger partial charge in [0.15, 0.2) is 0 Å². The molecule has 1 rings (SSSR count). The summed E-state index contributed by atoms with van der Waals surface area (Å²) in [6.45, 7) is 2.62. The average Bonchev–Trinajstić information content (AvgIpc) is 3.16. The van der Waals surface area contributed by atoms with Gasteiger partial charge in [-0.3, -0.25) is 0 Å². The fourth-order valence-corrected chi connectivity index (χ4v) is 2.80. The number of aliphatic hydroxyl groups excluding tert-OH is 1. The van der Waals surface area contributed by atoms with Gasteiger partial charge in [0, 0.05) is 6.61 Å². The zero-order valence-electron chi connectivity index (χ0n) is 12.9. The Morgan fingerprint density at radius 3 is 1.68 bits per heavy atom. The minimum absolute atomic E-state index is 0.360. The monoisotopic (exact) mass is 270 g/mol. The van der Waals surface area contributed by atoms with Crippen molar-refractivity contribution in [2.75, 3.05) is 6.61 Å². The summed E-state index contributed by atoms with van der Waals surface area (Å²) in [7, 11) is 0. The van der Waals surface area contributed by atoms with Crippen molar-refractivity contribution in [3.8, 4) is 0 Å². The summed E-state index contributed by atoms with van der Waals surface area (Å²) in [6.07, 6.45) is 18.1. The van der Waals surface area contributed by atoms with Crippen LogP contribution in [0.5, 0.6) is 0 Å². The molecule has 2 atom stereocenters. The molecule has 0 radical (unpaired) electrons. The first-order valence-corrected chi connectivity index (χ1v) is 8.64. The highest BCUT2D eigenvalue weighted by Gasteiger charge is 2.36. The molecule has 0 aromatic rings. The van der Waals surface area contributed by atoms with Crippen LogP contribution in [-0.4, -0.2) is 23.9 Å². The summed E-state index contributed by atoms with van der Waals surface area (Å²) >= 11 is 0. The first-order chi connectivity index (χ1) is 9.38. The van der Waals surface area contributed by atoms with Crippen LogP contribution in [0.15, 0.2) is 0 Å². The summed E-state index contributed by atoms with van der Waals surface area (Å²) in [6, 6.07) is 0. The lowest BCUT2D eigenvalue weighted by Crippen LogP contribution is -1.94. The third kappa shape index (κ3) is 9.45. The molecule has 0 aromatic heterocycles. The summed E-state index contributed by atoms with van der Waals surface area (Å²) in [4.78, 5) is 0. The van der Waals surface area contributed by atoms with Crippen molar-refractivity contribution in [2.24, 2.45) is 0 Å². The van der Waals surface area contributed by atoms with E-state index in [0.29, 0.717) is 18.8 Å². The molecule has 114 valence electrons. The number of epoxide rings is 1. The molecular formula is C17H34O2. The minimum atomic E-state index is 0.360. The van der Waals surface area contributed by atoms with E-state index in [-0.39, 0.29) is 0 Å². The summed E-state index contributed by atoms with van der Waals surface area (Å²) < 4.78 is 5.73. The normalized spacial score (nSPS) is 21.8. The highest BCUT2D eigenvalue weighted by molar-refractivity contribution is 4.84. The maximum atomic E-state index is 8.68. The van der Waals surface area contributed by atoms with Crippen LogP contribution in [0, 0.1) is 0 Å². The average molecular weight is 270 g/mol. The zero-order valence-corrected chi connectivity index (χ0v) is 12.9. The van der Waals surface area contributed by atoms with Crippen LogP contribution in [0.4, 0.5) is 0 Å². The number of hydrogen-bond acceptors (Lipinski definition) is 2. The van der Waals surface area contributed by atoms with Gasteiger partial charge in [-0.25, -0.2) is 0 Å². The first-order valence-electron chi connectivity index (χ1n) is 8.64. The quantitative estimate of drug-likeness (QED) is 0.362. The second-order valence-electron chi connectivity index (χ2n) is 6.05. The molecule has 19 heavy (non-hydrogen) atoms. The number of unbranched alkanes of at least 4 members (excludes halogenated alkanes) is 9. The Labute approximate surface area is 119 Å². The van der Waals surface area contributed by atoms with Crippen molar-refractivity contribution in [2.45, 2.75) is 103 Å². The molecular weight excluding hydrogens is 236 g/mol. The Balaban J connectivity index is 1.74. The first kappa shape index (κ1) is 17.0. The van der Waals surface area contributed by atoms with E-state index in [1.54, 1.807) is 0 Å². The molecule has 2 unspecified atom stereocenters. The lowest BCUT2D eigenvalue weighted by molar-refractivity contribution is 0.282. The van der Waals surface area contributed by atoms with Gasteiger partial charge in [0.1, 0.15) is 0 Å². The van der Waals surface area contributed by atoms with Crippen LogP contribution in [0.2, 0.25) is 0 Å². The van der Waals surface area contributed by atoms with Crippen molar-refractivity contribution in [1.29, 1.82) is 0 Å². The van der Waals surface area contributed by atoms with Crippen LogP contribution in [0.1, 0.15) is 90.4 Å². The number of rotatable bonds is 14. The molecule has 2 nitrogen and oxygen atoms in total. The van der Waals surface area contributed by atoms with E-state index in [1.807, 2.05) is 0 Å². The fraction of sp³-hybridized carbons (Fsp3) is 1.00. The topological polar surface area (TPSA) is 32.8 Å². The standard InChI is InChI=1S/C17H34O2/c1-2-3-4-10-13-16-17(19-16)14-11-8-6-5-7-9-12-15-18/h16-18H,2-15H2,1H3. The van der Waals surface area contributed by atoms with Gasteiger partial charge in [-0.1, -0.05) is 71.1 Å². The van der Waals surface area contributed by atoms with Crippen molar-refractivity contribution in [3.63, 3.8) is 0 Å². The zero-order chi connectivity index (χ0) is 13.8. The maximum absolute atomic E-state index is 8.68. The van der Waals surface area contributed by atoms with E-state index < -0.39 is 0 Å². The third-order valence-corrected chi connectivity index (χ3v) is 4.18. The van der Waals surface area contributed by atoms with E-state index in [2.05, 4.69) is 6.92 Å². The molecule has 0 bridgehead atoms. The van der Waals surface area contributed by atoms with Gasteiger partial charge in [0.05, 0.1) is 12.2 Å². The Kier molecular flexibility index (Phi) is 10.5. The van der Waals surface area contributed by atoms with Crippen molar-refractivity contribution in [3.05, 3.63) is 0 Å². The van der Waals surface area contributed by atoms with Gasteiger partial charge >= 0.3 is 0 Å². The van der Waals surface area contributed by atoms with Gasteiger partial charge in [-0.05, 0) is 19.3 Å². The van der Waals surface area contributed by atoms with Crippen molar-refractivity contribution < 1.29 is 9.84 Å². The lowest BCUT2D eigenvalue weighted by atomic mass is 10.0. The summed E-state index contributed by atoms with van der Waals surface area (Å²) in [5.74, 6) is 0. The molecule has 1 heterocycles.